The Balaban J connectivity index is 1.62. The lowest BCUT2D eigenvalue weighted by molar-refractivity contribution is 0.289. The zero-order valence-electron chi connectivity index (χ0n) is 18.4. The Hall–Kier alpha value is -3.24. The molecule has 4 aromatic rings. The van der Waals surface area contributed by atoms with Crippen LogP contribution in [-0.4, -0.2) is 6.73 Å². The molecule has 0 saturated carbocycles. The van der Waals surface area contributed by atoms with E-state index in [-0.39, 0.29) is 5.63 Å². The molecule has 3 aromatic carbocycles. The molecule has 4 nitrogen and oxygen atoms in total. The fourth-order valence-electron chi connectivity index (χ4n) is 4.52. The van der Waals surface area contributed by atoms with Gasteiger partial charge in [0.25, 0.3) is 0 Å². The van der Waals surface area contributed by atoms with Crippen molar-refractivity contribution in [1.29, 1.82) is 0 Å². The van der Waals surface area contributed by atoms with E-state index < -0.39 is 0 Å². The molecule has 5 heteroatoms. The van der Waals surface area contributed by atoms with Gasteiger partial charge in [0.05, 0.1) is 17.1 Å². The first-order valence-corrected chi connectivity index (χ1v) is 11.1. The Morgan fingerprint density at radius 1 is 1.00 bits per heavy atom. The van der Waals surface area contributed by atoms with Gasteiger partial charge in [-0.05, 0) is 61.2 Å². The van der Waals surface area contributed by atoms with E-state index in [4.69, 9.17) is 20.8 Å². The van der Waals surface area contributed by atoms with Gasteiger partial charge in [0.1, 0.15) is 11.3 Å². The molecule has 32 heavy (non-hydrogen) atoms. The molecule has 0 spiro atoms. The molecule has 0 unspecified atom stereocenters. The lowest BCUT2D eigenvalue weighted by Crippen LogP contribution is -2.32. The van der Waals surface area contributed by atoms with Crippen LogP contribution < -0.4 is 15.3 Å². The SMILES string of the molecule is Cc1cc(C)cc(N2COc3c(Cl)cc4c(C)c(Cc5ccccc5)c(=O)oc4c3C2)c1. The van der Waals surface area contributed by atoms with E-state index in [1.54, 1.807) is 0 Å². The molecule has 1 aromatic heterocycles. The topological polar surface area (TPSA) is 42.7 Å². The van der Waals surface area contributed by atoms with Gasteiger partial charge in [-0.1, -0.05) is 48.0 Å². The first-order chi connectivity index (χ1) is 15.4. The lowest BCUT2D eigenvalue weighted by Gasteiger charge is -2.32. The maximum Gasteiger partial charge on any atom is 0.340 e. The van der Waals surface area contributed by atoms with Gasteiger partial charge < -0.3 is 14.1 Å². The molecule has 0 N–H and O–H groups in total. The summed E-state index contributed by atoms with van der Waals surface area (Å²) in [5.74, 6) is 0.596. The second-order valence-electron chi connectivity index (χ2n) is 8.52. The third-order valence-corrected chi connectivity index (χ3v) is 6.37. The summed E-state index contributed by atoms with van der Waals surface area (Å²) in [4.78, 5) is 15.1. The predicted molar refractivity (Wildman–Crippen MR) is 129 cm³/mol. The van der Waals surface area contributed by atoms with Gasteiger partial charge in [-0.3, -0.25) is 0 Å². The summed E-state index contributed by atoms with van der Waals surface area (Å²) in [6, 6.07) is 18.2. The molecule has 0 amide bonds. The lowest BCUT2D eigenvalue weighted by atomic mass is 9.97. The fraction of sp³-hybridized carbons (Fsp3) is 0.222. The summed E-state index contributed by atoms with van der Waals surface area (Å²) < 4.78 is 12.0. The zero-order chi connectivity index (χ0) is 22.4. The number of anilines is 1. The molecule has 2 heterocycles. The van der Waals surface area contributed by atoms with Crippen LogP contribution >= 0.6 is 11.6 Å². The maximum absolute atomic E-state index is 13.0. The van der Waals surface area contributed by atoms with E-state index in [1.807, 2.05) is 43.3 Å². The van der Waals surface area contributed by atoms with Crippen molar-refractivity contribution in [3.63, 3.8) is 0 Å². The van der Waals surface area contributed by atoms with Gasteiger partial charge in [-0.25, -0.2) is 4.79 Å². The molecule has 0 radical (unpaired) electrons. The van der Waals surface area contributed by atoms with Gasteiger partial charge in [-0.2, -0.15) is 0 Å². The Labute approximate surface area is 192 Å². The van der Waals surface area contributed by atoms with Crippen molar-refractivity contribution in [2.75, 3.05) is 11.6 Å². The molecule has 5 rings (SSSR count). The summed E-state index contributed by atoms with van der Waals surface area (Å²) in [5.41, 5.74) is 7.12. The summed E-state index contributed by atoms with van der Waals surface area (Å²) in [6.07, 6.45) is 0.519. The van der Waals surface area contributed by atoms with Crippen LogP contribution in [0, 0.1) is 20.8 Å². The second-order valence-corrected chi connectivity index (χ2v) is 8.92. The van der Waals surface area contributed by atoms with Crippen LogP contribution in [0.15, 0.2) is 63.8 Å². The number of benzene rings is 3. The van der Waals surface area contributed by atoms with Crippen molar-refractivity contribution in [3.8, 4) is 5.75 Å². The maximum atomic E-state index is 13.0. The van der Waals surface area contributed by atoms with E-state index in [9.17, 15) is 4.79 Å². The second kappa shape index (κ2) is 8.03. The van der Waals surface area contributed by atoms with Crippen LogP contribution in [0.4, 0.5) is 5.69 Å². The number of hydrogen-bond acceptors (Lipinski definition) is 4. The summed E-state index contributed by atoms with van der Waals surface area (Å²) in [7, 11) is 0. The molecule has 1 aliphatic heterocycles. The molecular weight excluding hydrogens is 422 g/mol. The van der Waals surface area contributed by atoms with E-state index in [0.717, 1.165) is 27.8 Å². The average molecular weight is 446 g/mol. The van der Waals surface area contributed by atoms with Crippen molar-refractivity contribution in [1.82, 2.24) is 0 Å². The number of aryl methyl sites for hydroxylation is 3. The highest BCUT2D eigenvalue weighted by Crippen LogP contribution is 2.41. The van der Waals surface area contributed by atoms with Gasteiger partial charge in [0, 0.05) is 23.1 Å². The molecular formula is C27H24ClNO3. The standard InChI is InChI=1S/C27H24ClNO3/c1-16-9-17(2)11-20(10-16)29-14-23-25-21(13-24(28)26(23)31-15-29)18(3)22(27(30)32-25)12-19-7-5-4-6-8-19/h4-11,13H,12,14-15H2,1-3H3. The van der Waals surface area contributed by atoms with Crippen molar-refractivity contribution in [3.05, 3.63) is 103 Å². The molecule has 162 valence electrons. The minimum Gasteiger partial charge on any atom is -0.471 e. The van der Waals surface area contributed by atoms with Gasteiger partial charge in [0.15, 0.2) is 6.73 Å². The van der Waals surface area contributed by atoms with Crippen molar-refractivity contribution >= 4 is 28.3 Å². The number of nitrogens with zero attached hydrogens (tertiary/aromatic N) is 1. The molecule has 0 atom stereocenters. The Bertz CT molecular complexity index is 1370. The predicted octanol–water partition coefficient (Wildman–Crippen LogP) is 6.32. The quantitative estimate of drug-likeness (QED) is 0.346. The summed E-state index contributed by atoms with van der Waals surface area (Å²) in [6.45, 7) is 7.06. The Morgan fingerprint density at radius 2 is 1.72 bits per heavy atom. The Morgan fingerprint density at radius 3 is 2.44 bits per heavy atom. The van der Waals surface area contributed by atoms with Crippen LogP contribution in [0.25, 0.3) is 11.0 Å². The zero-order valence-corrected chi connectivity index (χ0v) is 19.1. The highest BCUT2D eigenvalue weighted by atomic mass is 35.5. The molecule has 0 aliphatic carbocycles. The van der Waals surface area contributed by atoms with Gasteiger partial charge in [0.2, 0.25) is 0 Å². The average Bonchev–Trinajstić information content (AvgIpc) is 2.77. The van der Waals surface area contributed by atoms with Crippen LogP contribution in [0.1, 0.15) is 33.4 Å². The van der Waals surface area contributed by atoms with Gasteiger partial charge in [-0.15, -0.1) is 0 Å². The molecule has 0 saturated heterocycles. The monoisotopic (exact) mass is 445 g/mol. The summed E-state index contributed by atoms with van der Waals surface area (Å²) in [5, 5.41) is 1.39. The molecule has 0 fully saturated rings. The highest BCUT2D eigenvalue weighted by molar-refractivity contribution is 6.33. The summed E-state index contributed by atoms with van der Waals surface area (Å²) >= 11 is 6.63. The largest absolute Gasteiger partial charge is 0.471 e. The van der Waals surface area contributed by atoms with E-state index >= 15 is 0 Å². The Kier molecular flexibility index (Phi) is 5.18. The molecule has 1 aliphatic rings. The number of ether oxygens (including phenoxy) is 1. The molecule has 0 bridgehead atoms. The van der Waals surface area contributed by atoms with E-state index in [2.05, 4.69) is 36.9 Å². The minimum absolute atomic E-state index is 0.313. The first kappa shape index (κ1) is 20.7. The third kappa shape index (κ3) is 3.65. The van der Waals surface area contributed by atoms with Crippen molar-refractivity contribution in [2.45, 2.75) is 33.7 Å². The number of halogens is 1. The third-order valence-electron chi connectivity index (χ3n) is 6.09. The van der Waals surface area contributed by atoms with Crippen molar-refractivity contribution in [2.24, 2.45) is 0 Å². The van der Waals surface area contributed by atoms with Crippen LogP contribution in [-0.2, 0) is 13.0 Å². The smallest absolute Gasteiger partial charge is 0.340 e. The highest BCUT2D eigenvalue weighted by Gasteiger charge is 2.26. The first-order valence-electron chi connectivity index (χ1n) is 10.7. The van der Waals surface area contributed by atoms with Gasteiger partial charge >= 0.3 is 5.63 Å². The minimum atomic E-state index is -0.313. The van der Waals surface area contributed by atoms with E-state index in [1.165, 1.54) is 11.1 Å². The number of rotatable bonds is 3. The normalized spacial score (nSPS) is 13.2. The number of hydrogen-bond donors (Lipinski definition) is 0. The number of fused-ring (bicyclic) bond motifs is 3. The van der Waals surface area contributed by atoms with Crippen LogP contribution in [0.2, 0.25) is 5.02 Å². The van der Waals surface area contributed by atoms with E-state index in [0.29, 0.717) is 41.6 Å². The van der Waals surface area contributed by atoms with Crippen LogP contribution in [0.3, 0.4) is 0 Å². The fourth-order valence-corrected chi connectivity index (χ4v) is 4.79. The van der Waals surface area contributed by atoms with Crippen LogP contribution in [0.5, 0.6) is 5.75 Å². The van der Waals surface area contributed by atoms with Crippen molar-refractivity contribution < 1.29 is 9.15 Å².